The Balaban J connectivity index is 1.38. The van der Waals surface area contributed by atoms with Crippen LogP contribution in [0.5, 0.6) is 0 Å². The maximum absolute atomic E-state index is 12.9. The van der Waals surface area contributed by atoms with Crippen molar-refractivity contribution < 1.29 is 9.59 Å². The first-order valence-electron chi connectivity index (χ1n) is 8.99. The molecule has 0 aliphatic carbocycles. The Labute approximate surface area is 166 Å². The highest BCUT2D eigenvalue weighted by Gasteiger charge is 2.38. The monoisotopic (exact) mass is 429 g/mol. The number of anilines is 2. The second kappa shape index (κ2) is 7.64. The maximum atomic E-state index is 12.9. The number of aromatic nitrogens is 2. The molecule has 0 bridgehead atoms. The van der Waals surface area contributed by atoms with Crippen molar-refractivity contribution in [2.75, 3.05) is 42.5 Å². The fourth-order valence-electron chi connectivity index (χ4n) is 3.62. The number of piperazine rings is 1. The largest absolute Gasteiger partial charge is 0.339 e. The highest BCUT2D eigenvalue weighted by Crippen LogP contribution is 2.32. The van der Waals surface area contributed by atoms with Gasteiger partial charge in [-0.05, 0) is 34.1 Å². The summed E-state index contributed by atoms with van der Waals surface area (Å²) in [5, 5.41) is 0. The molecule has 0 spiro atoms. The van der Waals surface area contributed by atoms with Gasteiger partial charge >= 0.3 is 0 Å². The van der Waals surface area contributed by atoms with Gasteiger partial charge in [0, 0.05) is 56.0 Å². The van der Waals surface area contributed by atoms with E-state index in [1.54, 1.807) is 23.4 Å². The van der Waals surface area contributed by atoms with E-state index in [2.05, 4.69) is 30.8 Å². The first kappa shape index (κ1) is 17.9. The molecule has 4 rings (SSSR count). The van der Waals surface area contributed by atoms with Crippen LogP contribution in [0.1, 0.15) is 6.42 Å². The van der Waals surface area contributed by atoms with Gasteiger partial charge in [-0.15, -0.1) is 0 Å². The molecule has 2 saturated heterocycles. The van der Waals surface area contributed by atoms with E-state index < -0.39 is 0 Å². The van der Waals surface area contributed by atoms with E-state index in [0.29, 0.717) is 38.7 Å². The molecular formula is C19H20BrN5O2. The number of carbonyl (C=O) groups is 2. The first-order chi connectivity index (χ1) is 13.1. The molecule has 2 amide bonds. The Kier molecular flexibility index (Phi) is 5.07. The van der Waals surface area contributed by atoms with E-state index in [1.807, 2.05) is 29.2 Å². The zero-order valence-corrected chi connectivity index (χ0v) is 16.4. The van der Waals surface area contributed by atoms with Crippen molar-refractivity contribution in [1.29, 1.82) is 0 Å². The molecule has 0 unspecified atom stereocenters. The van der Waals surface area contributed by atoms with Crippen molar-refractivity contribution in [2.45, 2.75) is 6.42 Å². The molecule has 27 heavy (non-hydrogen) atoms. The molecule has 1 atom stereocenters. The Morgan fingerprint density at radius 3 is 2.44 bits per heavy atom. The molecular weight excluding hydrogens is 410 g/mol. The van der Waals surface area contributed by atoms with Crippen LogP contribution in [0.4, 0.5) is 11.6 Å². The minimum Gasteiger partial charge on any atom is -0.339 e. The minimum absolute atomic E-state index is 0.00317. The van der Waals surface area contributed by atoms with Gasteiger partial charge in [-0.1, -0.05) is 12.1 Å². The fourth-order valence-corrected chi connectivity index (χ4v) is 4.11. The third-order valence-corrected chi connectivity index (χ3v) is 5.71. The lowest BCUT2D eigenvalue weighted by Crippen LogP contribution is -2.51. The highest BCUT2D eigenvalue weighted by molar-refractivity contribution is 9.10. The molecule has 0 saturated carbocycles. The molecule has 8 heteroatoms. The number of nitrogens with zero attached hydrogens (tertiary/aromatic N) is 5. The summed E-state index contributed by atoms with van der Waals surface area (Å²) in [6.07, 6.45) is 3.71. The molecule has 140 valence electrons. The number of halogens is 1. The number of benzene rings is 1. The summed E-state index contributed by atoms with van der Waals surface area (Å²) in [5.41, 5.74) is 0.823. The summed E-state index contributed by atoms with van der Waals surface area (Å²) in [6.45, 7) is 3.07. The van der Waals surface area contributed by atoms with Gasteiger partial charge in [0.1, 0.15) is 0 Å². The van der Waals surface area contributed by atoms with Gasteiger partial charge in [0.15, 0.2) is 0 Å². The third-order valence-electron chi connectivity index (χ3n) is 5.04. The van der Waals surface area contributed by atoms with Crippen LogP contribution in [0.25, 0.3) is 0 Å². The van der Waals surface area contributed by atoms with Gasteiger partial charge in [-0.25, -0.2) is 9.97 Å². The smallest absolute Gasteiger partial charge is 0.228 e. The number of hydrogen-bond donors (Lipinski definition) is 0. The van der Waals surface area contributed by atoms with Crippen molar-refractivity contribution in [2.24, 2.45) is 5.92 Å². The summed E-state index contributed by atoms with van der Waals surface area (Å²) in [5.74, 6) is 0.466. The zero-order chi connectivity index (χ0) is 18.8. The average Bonchev–Trinajstić information content (AvgIpc) is 3.10. The molecule has 0 radical (unpaired) electrons. The van der Waals surface area contributed by atoms with Crippen LogP contribution in [-0.4, -0.2) is 59.4 Å². The van der Waals surface area contributed by atoms with Crippen LogP contribution in [0, 0.1) is 5.92 Å². The summed E-state index contributed by atoms with van der Waals surface area (Å²) in [4.78, 5) is 39.6. The maximum Gasteiger partial charge on any atom is 0.228 e. The lowest BCUT2D eigenvalue weighted by molar-refractivity contribution is -0.136. The molecule has 2 aliphatic rings. The number of amides is 2. The Bertz CT molecular complexity index is 839. The Morgan fingerprint density at radius 2 is 1.74 bits per heavy atom. The quantitative estimate of drug-likeness (QED) is 0.745. The van der Waals surface area contributed by atoms with E-state index in [0.717, 1.165) is 10.2 Å². The standard InChI is InChI=1S/C19H20BrN5O2/c20-15-4-1-2-5-16(15)25-13-14(12-17(25)26)18(27)23-8-10-24(11-9-23)19-21-6-3-7-22-19/h1-7,14H,8-13H2/t14-/m1/s1. The molecule has 2 aliphatic heterocycles. The van der Waals surface area contributed by atoms with E-state index in [4.69, 9.17) is 0 Å². The minimum atomic E-state index is -0.288. The second-order valence-electron chi connectivity index (χ2n) is 6.72. The molecule has 1 aromatic heterocycles. The number of carbonyl (C=O) groups excluding carboxylic acids is 2. The Morgan fingerprint density at radius 1 is 1.04 bits per heavy atom. The molecule has 2 fully saturated rings. The number of hydrogen-bond acceptors (Lipinski definition) is 5. The molecule has 7 nitrogen and oxygen atoms in total. The predicted molar refractivity (Wildman–Crippen MR) is 105 cm³/mol. The van der Waals surface area contributed by atoms with Crippen molar-refractivity contribution >= 4 is 39.4 Å². The van der Waals surface area contributed by atoms with Crippen LogP contribution < -0.4 is 9.80 Å². The number of rotatable bonds is 3. The topological polar surface area (TPSA) is 69.6 Å². The normalized spacial score (nSPS) is 20.3. The summed E-state index contributed by atoms with van der Waals surface area (Å²) in [6, 6.07) is 9.40. The lowest BCUT2D eigenvalue weighted by Gasteiger charge is -2.35. The zero-order valence-electron chi connectivity index (χ0n) is 14.8. The van der Waals surface area contributed by atoms with Crippen molar-refractivity contribution in [1.82, 2.24) is 14.9 Å². The van der Waals surface area contributed by atoms with Gasteiger partial charge in [0.25, 0.3) is 0 Å². The van der Waals surface area contributed by atoms with Crippen molar-refractivity contribution in [3.05, 3.63) is 47.2 Å². The van der Waals surface area contributed by atoms with Gasteiger partial charge in [0.05, 0.1) is 11.6 Å². The van der Waals surface area contributed by atoms with Gasteiger partial charge < -0.3 is 14.7 Å². The van der Waals surface area contributed by atoms with Crippen LogP contribution in [0.2, 0.25) is 0 Å². The fraction of sp³-hybridized carbons (Fsp3) is 0.368. The van der Waals surface area contributed by atoms with E-state index >= 15 is 0 Å². The van der Waals surface area contributed by atoms with E-state index in [1.165, 1.54) is 0 Å². The van der Waals surface area contributed by atoms with Crippen LogP contribution in [-0.2, 0) is 9.59 Å². The van der Waals surface area contributed by atoms with Crippen LogP contribution in [0.15, 0.2) is 47.2 Å². The van der Waals surface area contributed by atoms with Gasteiger partial charge in [-0.3, -0.25) is 9.59 Å². The summed E-state index contributed by atoms with van der Waals surface area (Å²) < 4.78 is 0.864. The first-order valence-corrected chi connectivity index (χ1v) is 9.78. The van der Waals surface area contributed by atoms with Crippen LogP contribution in [0.3, 0.4) is 0 Å². The number of para-hydroxylation sites is 1. The predicted octanol–water partition coefficient (Wildman–Crippen LogP) is 1.94. The van der Waals surface area contributed by atoms with E-state index in [-0.39, 0.29) is 24.2 Å². The van der Waals surface area contributed by atoms with Crippen molar-refractivity contribution in [3.8, 4) is 0 Å². The molecule has 3 heterocycles. The lowest BCUT2D eigenvalue weighted by atomic mass is 10.1. The van der Waals surface area contributed by atoms with E-state index in [9.17, 15) is 9.59 Å². The average molecular weight is 430 g/mol. The summed E-state index contributed by atoms with van der Waals surface area (Å²) in [7, 11) is 0. The molecule has 1 aromatic carbocycles. The SMILES string of the molecule is O=C([C@@H]1CC(=O)N(c2ccccc2Br)C1)N1CCN(c2ncccn2)CC1. The molecule has 2 aromatic rings. The Hall–Kier alpha value is -2.48. The third kappa shape index (κ3) is 3.66. The van der Waals surface area contributed by atoms with Crippen LogP contribution >= 0.6 is 15.9 Å². The molecule has 0 N–H and O–H groups in total. The highest BCUT2D eigenvalue weighted by atomic mass is 79.9. The van der Waals surface area contributed by atoms with Crippen molar-refractivity contribution in [3.63, 3.8) is 0 Å². The van der Waals surface area contributed by atoms with Gasteiger partial charge in [0.2, 0.25) is 17.8 Å². The van der Waals surface area contributed by atoms with Gasteiger partial charge in [-0.2, -0.15) is 0 Å². The second-order valence-corrected chi connectivity index (χ2v) is 7.57. The summed E-state index contributed by atoms with van der Waals surface area (Å²) >= 11 is 3.49.